The van der Waals surface area contributed by atoms with E-state index in [4.69, 9.17) is 21.1 Å². The highest BCUT2D eigenvalue weighted by Gasteiger charge is 2.36. The van der Waals surface area contributed by atoms with Crippen molar-refractivity contribution in [3.8, 4) is 5.75 Å². The van der Waals surface area contributed by atoms with Crippen LogP contribution in [0.25, 0.3) is 0 Å². The Balaban J connectivity index is 1.52. The van der Waals surface area contributed by atoms with Gasteiger partial charge in [0.25, 0.3) is 5.91 Å². The lowest BCUT2D eigenvalue weighted by molar-refractivity contribution is -0.151. The van der Waals surface area contributed by atoms with Crippen LogP contribution in [0.4, 0.5) is 11.4 Å². The molecule has 1 aliphatic heterocycles. The van der Waals surface area contributed by atoms with Gasteiger partial charge in [0.15, 0.2) is 6.61 Å². The highest BCUT2D eigenvalue weighted by atomic mass is 79.9. The molecule has 9 heteroatoms. The molecule has 0 aliphatic carbocycles. The Kier molecular flexibility index (Phi) is 6.76. The first kappa shape index (κ1) is 21.1. The Labute approximate surface area is 181 Å². The average Bonchev–Trinajstić information content (AvgIpc) is 3.11. The summed E-state index contributed by atoms with van der Waals surface area (Å²) in [6.45, 7) is -0.242. The van der Waals surface area contributed by atoms with Gasteiger partial charge in [-0.3, -0.25) is 14.4 Å². The van der Waals surface area contributed by atoms with E-state index in [1.807, 2.05) is 0 Å². The Hall–Kier alpha value is -2.58. The first-order valence-electron chi connectivity index (χ1n) is 8.73. The molecular formula is C20H18BrClN2O5. The molecule has 0 unspecified atom stereocenters. The van der Waals surface area contributed by atoms with Crippen LogP contribution in [0.3, 0.4) is 0 Å². The fraction of sp³-hybridized carbons (Fsp3) is 0.250. The molecule has 1 saturated heterocycles. The van der Waals surface area contributed by atoms with Gasteiger partial charge in [0.05, 0.1) is 18.1 Å². The van der Waals surface area contributed by atoms with Crippen molar-refractivity contribution >= 4 is 56.7 Å². The summed E-state index contributed by atoms with van der Waals surface area (Å²) in [6, 6.07) is 11.9. The molecule has 0 bridgehead atoms. The average molecular weight is 482 g/mol. The number of carbonyl (C=O) groups is 3. The van der Waals surface area contributed by atoms with Gasteiger partial charge in [-0.15, -0.1) is 0 Å². The van der Waals surface area contributed by atoms with E-state index in [1.165, 1.54) is 4.90 Å². The van der Waals surface area contributed by atoms with Gasteiger partial charge < -0.3 is 19.7 Å². The molecule has 2 amide bonds. The lowest BCUT2D eigenvalue weighted by Gasteiger charge is -2.17. The monoisotopic (exact) mass is 480 g/mol. The van der Waals surface area contributed by atoms with Crippen LogP contribution in [0.2, 0.25) is 5.02 Å². The number of ether oxygens (including phenoxy) is 2. The van der Waals surface area contributed by atoms with Crippen molar-refractivity contribution in [2.24, 2.45) is 5.92 Å². The molecule has 1 heterocycles. The summed E-state index contributed by atoms with van der Waals surface area (Å²) in [4.78, 5) is 38.1. The summed E-state index contributed by atoms with van der Waals surface area (Å²) >= 11 is 9.24. The predicted octanol–water partition coefficient (Wildman–Crippen LogP) is 3.65. The Bertz CT molecular complexity index is 935. The summed E-state index contributed by atoms with van der Waals surface area (Å²) in [5.74, 6) is -1.20. The van der Waals surface area contributed by atoms with Crippen LogP contribution in [-0.2, 0) is 19.1 Å². The normalized spacial score (nSPS) is 15.9. The zero-order valence-electron chi connectivity index (χ0n) is 15.5. The molecule has 1 fully saturated rings. The second kappa shape index (κ2) is 9.28. The van der Waals surface area contributed by atoms with Gasteiger partial charge in [0.2, 0.25) is 5.91 Å². The zero-order valence-corrected chi connectivity index (χ0v) is 17.8. The maximum Gasteiger partial charge on any atom is 0.311 e. The number of methoxy groups -OCH3 is 1. The van der Waals surface area contributed by atoms with Crippen molar-refractivity contribution in [2.75, 3.05) is 30.5 Å². The molecule has 0 spiro atoms. The molecule has 152 valence electrons. The number of benzene rings is 2. The van der Waals surface area contributed by atoms with E-state index in [1.54, 1.807) is 49.6 Å². The summed E-state index contributed by atoms with van der Waals surface area (Å²) < 4.78 is 10.9. The van der Waals surface area contributed by atoms with Crippen molar-refractivity contribution in [3.63, 3.8) is 0 Å². The minimum Gasteiger partial charge on any atom is -0.497 e. The third-order valence-electron chi connectivity index (χ3n) is 4.39. The maximum atomic E-state index is 12.3. The second-order valence-corrected chi connectivity index (χ2v) is 7.65. The van der Waals surface area contributed by atoms with Crippen molar-refractivity contribution in [1.29, 1.82) is 0 Å². The van der Waals surface area contributed by atoms with Crippen LogP contribution in [0, 0.1) is 5.92 Å². The van der Waals surface area contributed by atoms with E-state index < -0.39 is 24.4 Å². The van der Waals surface area contributed by atoms with Gasteiger partial charge >= 0.3 is 5.97 Å². The molecule has 7 nitrogen and oxygen atoms in total. The summed E-state index contributed by atoms with van der Waals surface area (Å²) in [5, 5.41) is 3.05. The van der Waals surface area contributed by atoms with E-state index in [-0.39, 0.29) is 18.9 Å². The highest BCUT2D eigenvalue weighted by Crippen LogP contribution is 2.28. The quantitative estimate of drug-likeness (QED) is 0.637. The number of carbonyl (C=O) groups excluding carboxylic acids is 3. The van der Waals surface area contributed by atoms with Crippen molar-refractivity contribution in [2.45, 2.75) is 6.42 Å². The van der Waals surface area contributed by atoms with Gasteiger partial charge in [0, 0.05) is 28.8 Å². The molecule has 1 N–H and O–H groups in total. The van der Waals surface area contributed by atoms with Crippen LogP contribution < -0.4 is 15.0 Å². The lowest BCUT2D eigenvalue weighted by atomic mass is 10.1. The first-order valence-corrected chi connectivity index (χ1v) is 9.90. The van der Waals surface area contributed by atoms with Crippen molar-refractivity contribution in [3.05, 3.63) is 52.0 Å². The number of anilines is 2. The van der Waals surface area contributed by atoms with Gasteiger partial charge in [0.1, 0.15) is 5.75 Å². The van der Waals surface area contributed by atoms with Crippen LogP contribution >= 0.6 is 27.5 Å². The van der Waals surface area contributed by atoms with Crippen molar-refractivity contribution < 1.29 is 23.9 Å². The highest BCUT2D eigenvalue weighted by molar-refractivity contribution is 9.10. The molecule has 0 saturated carbocycles. The maximum absolute atomic E-state index is 12.3. The molecule has 29 heavy (non-hydrogen) atoms. The number of hydrogen-bond donors (Lipinski definition) is 1. The standard InChI is InChI=1S/C20H18BrClN2O5/c1-28-15-5-3-14(4-6-15)24-10-12(8-19(24)26)20(27)29-11-18(25)23-13-2-7-16(21)17(22)9-13/h2-7,9,12H,8,10-11H2,1H3,(H,23,25)/t12-/m0/s1. The summed E-state index contributed by atoms with van der Waals surface area (Å²) in [6.07, 6.45) is 0.0365. The van der Waals surface area contributed by atoms with Gasteiger partial charge in [-0.25, -0.2) is 0 Å². The Morgan fingerprint density at radius 3 is 2.62 bits per heavy atom. The molecule has 2 aromatic rings. The Morgan fingerprint density at radius 1 is 1.24 bits per heavy atom. The fourth-order valence-corrected chi connectivity index (χ4v) is 3.33. The first-order chi connectivity index (χ1) is 13.9. The molecular weight excluding hydrogens is 464 g/mol. The van der Waals surface area contributed by atoms with E-state index >= 15 is 0 Å². The minimum absolute atomic E-state index is 0.0365. The number of amides is 2. The minimum atomic E-state index is -0.625. The van der Waals surface area contributed by atoms with Crippen LogP contribution in [0.5, 0.6) is 5.75 Å². The number of halogens is 2. The molecule has 2 aromatic carbocycles. The Morgan fingerprint density at radius 2 is 1.97 bits per heavy atom. The number of hydrogen-bond acceptors (Lipinski definition) is 5. The predicted molar refractivity (Wildman–Crippen MR) is 112 cm³/mol. The smallest absolute Gasteiger partial charge is 0.311 e. The third kappa shape index (κ3) is 5.27. The number of rotatable bonds is 6. The molecule has 0 radical (unpaired) electrons. The fourth-order valence-electron chi connectivity index (χ4n) is 2.90. The molecule has 1 aliphatic rings. The van der Waals surface area contributed by atoms with Crippen LogP contribution in [0.15, 0.2) is 46.9 Å². The van der Waals surface area contributed by atoms with Gasteiger partial charge in [-0.1, -0.05) is 11.6 Å². The number of nitrogens with zero attached hydrogens (tertiary/aromatic N) is 1. The summed E-state index contributed by atoms with van der Waals surface area (Å²) in [5.41, 5.74) is 1.16. The summed E-state index contributed by atoms with van der Waals surface area (Å²) in [7, 11) is 1.56. The largest absolute Gasteiger partial charge is 0.497 e. The van der Waals surface area contributed by atoms with Gasteiger partial charge in [-0.2, -0.15) is 0 Å². The van der Waals surface area contributed by atoms with Crippen molar-refractivity contribution in [1.82, 2.24) is 0 Å². The number of esters is 1. The van der Waals surface area contributed by atoms with E-state index in [0.717, 1.165) is 0 Å². The zero-order chi connectivity index (χ0) is 21.0. The van der Waals surface area contributed by atoms with Crippen LogP contribution in [0.1, 0.15) is 6.42 Å². The number of nitrogens with one attached hydrogen (secondary N) is 1. The van der Waals surface area contributed by atoms with E-state index in [9.17, 15) is 14.4 Å². The molecule has 1 atom stereocenters. The second-order valence-electron chi connectivity index (χ2n) is 6.39. The van der Waals surface area contributed by atoms with Crippen LogP contribution in [-0.4, -0.2) is 38.0 Å². The SMILES string of the molecule is COc1ccc(N2C[C@@H](C(=O)OCC(=O)Nc3ccc(Br)c(Cl)c3)CC2=O)cc1. The van der Waals surface area contributed by atoms with E-state index in [2.05, 4.69) is 21.2 Å². The van der Waals surface area contributed by atoms with Gasteiger partial charge in [-0.05, 0) is 58.4 Å². The lowest BCUT2D eigenvalue weighted by Crippen LogP contribution is -2.28. The van der Waals surface area contributed by atoms with E-state index in [0.29, 0.717) is 26.6 Å². The third-order valence-corrected chi connectivity index (χ3v) is 5.62. The molecule has 0 aromatic heterocycles. The molecule has 3 rings (SSSR count). The topological polar surface area (TPSA) is 84.9 Å².